The minimum Gasteiger partial charge on any atom is -0.325 e. The van der Waals surface area contributed by atoms with Crippen LogP contribution in [-0.2, 0) is 12.8 Å². The zero-order chi connectivity index (χ0) is 13.7. The lowest BCUT2D eigenvalue weighted by molar-refractivity contribution is 0.404. The largest absolute Gasteiger partial charge is 0.325 e. The van der Waals surface area contributed by atoms with Gasteiger partial charge in [0, 0.05) is 5.54 Å². The smallest absolute Gasteiger partial charge is 0.0233 e. The van der Waals surface area contributed by atoms with Crippen molar-refractivity contribution in [1.82, 2.24) is 0 Å². The fourth-order valence-electron chi connectivity index (χ4n) is 2.43. The first-order valence-corrected chi connectivity index (χ1v) is 7.00. The fraction of sp³-hybridized carbons (Fsp3) is 0.333. The highest BCUT2D eigenvalue weighted by Gasteiger charge is 2.23. The van der Waals surface area contributed by atoms with Gasteiger partial charge >= 0.3 is 0 Å². The molecule has 0 amide bonds. The van der Waals surface area contributed by atoms with E-state index >= 15 is 0 Å². The van der Waals surface area contributed by atoms with Crippen LogP contribution in [0.5, 0.6) is 0 Å². The van der Waals surface area contributed by atoms with Crippen LogP contribution in [0.4, 0.5) is 0 Å². The molecule has 0 bridgehead atoms. The second kappa shape index (κ2) is 6.03. The van der Waals surface area contributed by atoms with Gasteiger partial charge in [-0.15, -0.1) is 0 Å². The van der Waals surface area contributed by atoms with Gasteiger partial charge in [-0.25, -0.2) is 0 Å². The summed E-state index contributed by atoms with van der Waals surface area (Å²) in [6.07, 6.45) is 2.84. The number of benzene rings is 2. The third-order valence-electron chi connectivity index (χ3n) is 3.78. The molecule has 1 unspecified atom stereocenters. The number of nitrogens with two attached hydrogens (primary N) is 1. The first kappa shape index (κ1) is 13.8. The van der Waals surface area contributed by atoms with Crippen molar-refractivity contribution in [1.29, 1.82) is 0 Å². The van der Waals surface area contributed by atoms with Crippen LogP contribution in [0.15, 0.2) is 54.6 Å². The van der Waals surface area contributed by atoms with Gasteiger partial charge in [0.05, 0.1) is 0 Å². The molecule has 0 saturated heterocycles. The van der Waals surface area contributed by atoms with Crippen molar-refractivity contribution >= 4 is 0 Å². The summed E-state index contributed by atoms with van der Waals surface area (Å²) in [6.45, 7) is 4.29. The lowest BCUT2D eigenvalue weighted by Gasteiger charge is -2.28. The van der Waals surface area contributed by atoms with Crippen LogP contribution in [0, 0.1) is 6.92 Å². The Bertz CT molecular complexity index is 501. The Kier molecular flexibility index (Phi) is 4.39. The molecule has 0 heterocycles. The molecule has 1 atom stereocenters. The Morgan fingerprint density at radius 1 is 0.842 bits per heavy atom. The Balaban J connectivity index is 2.11. The van der Waals surface area contributed by atoms with Crippen molar-refractivity contribution in [2.75, 3.05) is 0 Å². The lowest BCUT2D eigenvalue weighted by atomic mass is 9.83. The molecule has 1 heteroatoms. The van der Waals surface area contributed by atoms with Crippen molar-refractivity contribution in [3.05, 3.63) is 71.3 Å². The van der Waals surface area contributed by atoms with Crippen LogP contribution in [0.1, 0.15) is 30.0 Å². The summed E-state index contributed by atoms with van der Waals surface area (Å²) in [5.74, 6) is 0. The van der Waals surface area contributed by atoms with E-state index in [9.17, 15) is 0 Å². The molecule has 2 rings (SSSR count). The van der Waals surface area contributed by atoms with E-state index < -0.39 is 0 Å². The molecule has 0 radical (unpaired) electrons. The van der Waals surface area contributed by atoms with Gasteiger partial charge in [-0.3, -0.25) is 0 Å². The number of aryl methyl sites for hydroxylation is 1. The van der Waals surface area contributed by atoms with Crippen LogP contribution >= 0.6 is 0 Å². The second-order valence-electron chi connectivity index (χ2n) is 5.54. The van der Waals surface area contributed by atoms with Crippen LogP contribution < -0.4 is 5.73 Å². The van der Waals surface area contributed by atoms with Gasteiger partial charge in [0.1, 0.15) is 0 Å². The summed E-state index contributed by atoms with van der Waals surface area (Å²) in [6, 6.07) is 19.2. The monoisotopic (exact) mass is 253 g/mol. The Morgan fingerprint density at radius 3 is 1.89 bits per heavy atom. The third kappa shape index (κ3) is 3.93. The van der Waals surface area contributed by atoms with E-state index in [0.29, 0.717) is 0 Å². The average Bonchev–Trinajstić information content (AvgIpc) is 2.42. The molecular formula is C18H23N. The molecule has 0 aliphatic carbocycles. The minimum absolute atomic E-state index is 0.156. The van der Waals surface area contributed by atoms with Crippen molar-refractivity contribution in [3.8, 4) is 0 Å². The second-order valence-corrected chi connectivity index (χ2v) is 5.54. The summed E-state index contributed by atoms with van der Waals surface area (Å²) >= 11 is 0. The minimum atomic E-state index is -0.156. The highest BCUT2D eigenvalue weighted by atomic mass is 14.7. The zero-order valence-electron chi connectivity index (χ0n) is 11.9. The van der Waals surface area contributed by atoms with Gasteiger partial charge in [0.2, 0.25) is 0 Å². The molecule has 19 heavy (non-hydrogen) atoms. The van der Waals surface area contributed by atoms with E-state index in [1.54, 1.807) is 0 Å². The number of rotatable bonds is 5. The Labute approximate surface area is 116 Å². The molecule has 2 aromatic carbocycles. The summed E-state index contributed by atoms with van der Waals surface area (Å²) < 4.78 is 0. The average molecular weight is 253 g/mol. The van der Waals surface area contributed by atoms with Crippen LogP contribution in [-0.4, -0.2) is 5.54 Å². The summed E-state index contributed by atoms with van der Waals surface area (Å²) in [4.78, 5) is 0. The zero-order valence-corrected chi connectivity index (χ0v) is 11.9. The van der Waals surface area contributed by atoms with Gasteiger partial charge in [-0.05, 0) is 37.3 Å². The number of hydrogen-bond acceptors (Lipinski definition) is 1. The molecule has 0 aliphatic heterocycles. The SMILES string of the molecule is CCC(N)(Cc1ccccc1)Cc1ccc(C)cc1. The highest BCUT2D eigenvalue weighted by molar-refractivity contribution is 5.25. The molecule has 2 aromatic rings. The van der Waals surface area contributed by atoms with Crippen LogP contribution in [0.25, 0.3) is 0 Å². The van der Waals surface area contributed by atoms with Crippen molar-refractivity contribution < 1.29 is 0 Å². The first-order chi connectivity index (χ1) is 9.11. The van der Waals surface area contributed by atoms with Crippen molar-refractivity contribution in [3.63, 3.8) is 0 Å². The summed E-state index contributed by atoms with van der Waals surface area (Å²) in [5, 5.41) is 0. The molecule has 0 fully saturated rings. The van der Waals surface area contributed by atoms with E-state index in [4.69, 9.17) is 5.73 Å². The van der Waals surface area contributed by atoms with Crippen LogP contribution in [0.2, 0.25) is 0 Å². The van der Waals surface area contributed by atoms with E-state index in [0.717, 1.165) is 19.3 Å². The van der Waals surface area contributed by atoms with Gasteiger partial charge in [0.25, 0.3) is 0 Å². The summed E-state index contributed by atoms with van der Waals surface area (Å²) in [5.41, 5.74) is 10.4. The molecule has 0 aliphatic rings. The van der Waals surface area contributed by atoms with Crippen LogP contribution in [0.3, 0.4) is 0 Å². The van der Waals surface area contributed by atoms with Gasteiger partial charge in [0.15, 0.2) is 0 Å². The predicted molar refractivity (Wildman–Crippen MR) is 82.2 cm³/mol. The molecule has 0 spiro atoms. The van der Waals surface area contributed by atoms with E-state index in [1.165, 1.54) is 16.7 Å². The van der Waals surface area contributed by atoms with E-state index in [2.05, 4.69) is 62.4 Å². The van der Waals surface area contributed by atoms with Gasteiger partial charge in [-0.2, -0.15) is 0 Å². The fourth-order valence-corrected chi connectivity index (χ4v) is 2.43. The van der Waals surface area contributed by atoms with E-state index in [1.807, 2.05) is 6.07 Å². The van der Waals surface area contributed by atoms with E-state index in [-0.39, 0.29) is 5.54 Å². The molecule has 100 valence electrons. The quantitative estimate of drug-likeness (QED) is 0.859. The number of hydrogen-bond donors (Lipinski definition) is 1. The maximum atomic E-state index is 6.60. The van der Waals surface area contributed by atoms with Crippen molar-refractivity contribution in [2.24, 2.45) is 5.73 Å². The highest BCUT2D eigenvalue weighted by Crippen LogP contribution is 2.20. The normalized spacial score (nSPS) is 14.1. The van der Waals surface area contributed by atoms with Crippen molar-refractivity contribution in [2.45, 2.75) is 38.6 Å². The predicted octanol–water partition coefficient (Wildman–Crippen LogP) is 3.89. The van der Waals surface area contributed by atoms with Gasteiger partial charge < -0.3 is 5.73 Å². The maximum absolute atomic E-state index is 6.60. The molecule has 0 aromatic heterocycles. The molecular weight excluding hydrogens is 230 g/mol. The standard InChI is InChI=1S/C18H23N/c1-3-18(19,13-16-7-5-4-6-8-16)14-17-11-9-15(2)10-12-17/h4-12H,3,13-14,19H2,1-2H3. The third-order valence-corrected chi connectivity index (χ3v) is 3.78. The Hall–Kier alpha value is -1.60. The molecule has 0 saturated carbocycles. The topological polar surface area (TPSA) is 26.0 Å². The van der Waals surface area contributed by atoms with Gasteiger partial charge in [-0.1, -0.05) is 67.1 Å². The first-order valence-electron chi connectivity index (χ1n) is 7.00. The Morgan fingerprint density at radius 2 is 1.37 bits per heavy atom. The molecule has 2 N–H and O–H groups in total. The maximum Gasteiger partial charge on any atom is 0.0233 e. The molecule has 1 nitrogen and oxygen atoms in total. The lowest BCUT2D eigenvalue weighted by Crippen LogP contribution is -2.43. The summed E-state index contributed by atoms with van der Waals surface area (Å²) in [7, 11) is 0.